The van der Waals surface area contributed by atoms with Gasteiger partial charge >= 0.3 is 0 Å². The van der Waals surface area contributed by atoms with Crippen molar-refractivity contribution in [2.24, 2.45) is 0 Å². The molecule has 0 aliphatic rings. The Hall–Kier alpha value is -0.500. The third kappa shape index (κ3) is 7.50. The van der Waals surface area contributed by atoms with Crippen molar-refractivity contribution >= 4 is 0 Å². The zero-order valence-electron chi connectivity index (χ0n) is 5.64. The van der Waals surface area contributed by atoms with E-state index in [1.165, 1.54) is 6.26 Å². The van der Waals surface area contributed by atoms with E-state index in [2.05, 4.69) is 13.5 Å². The molecule has 2 heteroatoms. The van der Waals surface area contributed by atoms with Crippen LogP contribution in [-0.4, -0.2) is 19.8 Å². The van der Waals surface area contributed by atoms with Crippen molar-refractivity contribution in [3.8, 4) is 0 Å². The molecule has 0 atom stereocenters. The van der Waals surface area contributed by atoms with Gasteiger partial charge in [0.25, 0.3) is 0 Å². The number of hydrogen-bond acceptors (Lipinski definition) is 2. The lowest BCUT2D eigenvalue weighted by Crippen LogP contribution is -2.01. The van der Waals surface area contributed by atoms with E-state index in [0.717, 1.165) is 6.42 Å². The minimum atomic E-state index is 0.587. The molecule has 9 heavy (non-hydrogen) atoms. The molecule has 53 valence electrons. The molecule has 0 unspecified atom stereocenters. The van der Waals surface area contributed by atoms with Crippen molar-refractivity contribution in [3.63, 3.8) is 0 Å². The molecule has 0 bridgehead atoms. The summed E-state index contributed by atoms with van der Waals surface area (Å²) in [6.45, 7) is 8.93. The van der Waals surface area contributed by atoms with Crippen LogP contribution in [0.25, 0.3) is 0 Å². The Balaban J connectivity index is 2.66. The summed E-state index contributed by atoms with van der Waals surface area (Å²) in [6, 6.07) is 0. The van der Waals surface area contributed by atoms with Gasteiger partial charge in [-0.05, 0) is 6.42 Å². The average molecular weight is 129 g/mol. The van der Waals surface area contributed by atoms with Gasteiger partial charge in [-0.2, -0.15) is 0 Å². The van der Waals surface area contributed by atoms with Crippen LogP contribution in [0.4, 0.5) is 0 Å². The first-order valence-electron chi connectivity index (χ1n) is 3.01. The summed E-state index contributed by atoms with van der Waals surface area (Å²) in [5, 5.41) is 0. The molecule has 0 aliphatic heterocycles. The first-order chi connectivity index (χ1) is 4.41. The van der Waals surface area contributed by atoms with Gasteiger partial charge in [-0.1, -0.05) is 13.5 Å². The Bertz CT molecular complexity index is 61.9. The van der Waals surface area contributed by atoms with Gasteiger partial charge in [-0.25, -0.2) is 0 Å². The number of hydrogen-bond donors (Lipinski definition) is 0. The molecule has 2 nitrogen and oxygen atoms in total. The quantitative estimate of drug-likeness (QED) is 0.398. The van der Waals surface area contributed by atoms with E-state index in [1.54, 1.807) is 0 Å². The van der Waals surface area contributed by atoms with Gasteiger partial charge in [-0.3, -0.25) is 0 Å². The third-order valence-electron chi connectivity index (χ3n) is 0.752. The average Bonchev–Trinajstić information content (AvgIpc) is 1.89. The summed E-state index contributed by atoms with van der Waals surface area (Å²) in [5.74, 6) is 0. The largest absolute Gasteiger partial charge is 0.499 e. The van der Waals surface area contributed by atoms with Crippen LogP contribution in [0, 0.1) is 6.92 Å². The molecule has 0 saturated carbocycles. The Kier molecular flexibility index (Phi) is 7.08. The molecule has 0 heterocycles. The maximum atomic E-state index is 5.05. The maximum absolute atomic E-state index is 5.05. The first kappa shape index (κ1) is 8.50. The summed E-state index contributed by atoms with van der Waals surface area (Å²) in [5.41, 5.74) is 0. The van der Waals surface area contributed by atoms with Gasteiger partial charge in [0.15, 0.2) is 0 Å². The van der Waals surface area contributed by atoms with Gasteiger partial charge < -0.3 is 9.47 Å². The van der Waals surface area contributed by atoms with Crippen LogP contribution < -0.4 is 0 Å². The molecule has 0 aliphatic carbocycles. The molecule has 0 aromatic rings. The van der Waals surface area contributed by atoms with Gasteiger partial charge in [0.05, 0.1) is 12.9 Å². The summed E-state index contributed by atoms with van der Waals surface area (Å²) in [6.07, 6.45) is 2.22. The molecule has 0 aromatic carbocycles. The lowest BCUT2D eigenvalue weighted by atomic mass is 10.5. The predicted molar refractivity (Wildman–Crippen MR) is 36.9 cm³/mol. The summed E-state index contributed by atoms with van der Waals surface area (Å²) < 4.78 is 9.85. The van der Waals surface area contributed by atoms with Gasteiger partial charge in [0.1, 0.15) is 6.61 Å². The van der Waals surface area contributed by atoms with E-state index >= 15 is 0 Å². The second kappa shape index (κ2) is 7.50. The fraction of sp³-hybridized carbons (Fsp3) is 0.571. The molecular weight excluding hydrogens is 116 g/mol. The lowest BCUT2D eigenvalue weighted by molar-refractivity contribution is 0.0878. The molecule has 0 rings (SSSR count). The van der Waals surface area contributed by atoms with E-state index in [-0.39, 0.29) is 0 Å². The molecule has 0 fully saturated rings. The molecule has 0 amide bonds. The standard InChI is InChI=1S/C7H13O2/c1-3-5-9-7-6-8-4-2/h4H,1-3,5-7H2. The van der Waals surface area contributed by atoms with Crippen molar-refractivity contribution in [1.82, 2.24) is 0 Å². The highest BCUT2D eigenvalue weighted by molar-refractivity contribution is 4.47. The molecule has 0 saturated heterocycles. The van der Waals surface area contributed by atoms with E-state index < -0.39 is 0 Å². The zero-order chi connectivity index (χ0) is 6.95. The Morgan fingerprint density at radius 1 is 1.22 bits per heavy atom. The van der Waals surface area contributed by atoms with E-state index in [4.69, 9.17) is 9.47 Å². The van der Waals surface area contributed by atoms with Crippen LogP contribution in [0.3, 0.4) is 0 Å². The third-order valence-corrected chi connectivity index (χ3v) is 0.752. The predicted octanol–water partition coefficient (Wildman–Crippen LogP) is 1.39. The topological polar surface area (TPSA) is 18.5 Å². The van der Waals surface area contributed by atoms with Crippen molar-refractivity contribution in [2.45, 2.75) is 6.42 Å². The van der Waals surface area contributed by atoms with Gasteiger partial charge in [-0.15, -0.1) is 0 Å². The fourth-order valence-corrected chi connectivity index (χ4v) is 0.394. The first-order valence-corrected chi connectivity index (χ1v) is 3.01. The van der Waals surface area contributed by atoms with Crippen molar-refractivity contribution in [2.75, 3.05) is 19.8 Å². The number of ether oxygens (including phenoxy) is 2. The van der Waals surface area contributed by atoms with E-state index in [9.17, 15) is 0 Å². The monoisotopic (exact) mass is 129 g/mol. The van der Waals surface area contributed by atoms with Crippen LogP contribution in [0.15, 0.2) is 12.8 Å². The van der Waals surface area contributed by atoms with Crippen molar-refractivity contribution < 1.29 is 9.47 Å². The van der Waals surface area contributed by atoms with E-state index in [1.807, 2.05) is 0 Å². The van der Waals surface area contributed by atoms with Crippen LogP contribution in [0.5, 0.6) is 0 Å². The van der Waals surface area contributed by atoms with Crippen LogP contribution in [-0.2, 0) is 9.47 Å². The van der Waals surface area contributed by atoms with Gasteiger partial charge in [0.2, 0.25) is 0 Å². The molecule has 0 spiro atoms. The fourth-order valence-electron chi connectivity index (χ4n) is 0.394. The summed E-state index contributed by atoms with van der Waals surface area (Å²) in [7, 11) is 0. The molecule has 0 N–H and O–H groups in total. The maximum Gasteiger partial charge on any atom is 0.111 e. The number of rotatable bonds is 6. The highest BCUT2D eigenvalue weighted by atomic mass is 16.5. The highest BCUT2D eigenvalue weighted by Gasteiger charge is 1.82. The summed E-state index contributed by atoms with van der Waals surface area (Å²) >= 11 is 0. The van der Waals surface area contributed by atoms with Crippen molar-refractivity contribution in [3.05, 3.63) is 19.8 Å². The van der Waals surface area contributed by atoms with Crippen molar-refractivity contribution in [1.29, 1.82) is 0 Å². The normalized spacial score (nSPS) is 9.00. The smallest absolute Gasteiger partial charge is 0.111 e. The molecule has 1 radical (unpaired) electrons. The lowest BCUT2D eigenvalue weighted by Gasteiger charge is -2.00. The van der Waals surface area contributed by atoms with Crippen LogP contribution in [0.2, 0.25) is 0 Å². The molecule has 0 aromatic heterocycles. The Morgan fingerprint density at radius 2 is 2.00 bits per heavy atom. The zero-order valence-corrected chi connectivity index (χ0v) is 5.64. The van der Waals surface area contributed by atoms with E-state index in [0.29, 0.717) is 19.8 Å². The SMILES string of the molecule is [CH2]CCOCCOC=C. The van der Waals surface area contributed by atoms with Crippen LogP contribution in [0.1, 0.15) is 6.42 Å². The minimum Gasteiger partial charge on any atom is -0.499 e. The van der Waals surface area contributed by atoms with Crippen LogP contribution >= 0.6 is 0 Å². The second-order valence-electron chi connectivity index (χ2n) is 1.50. The highest BCUT2D eigenvalue weighted by Crippen LogP contribution is 1.80. The van der Waals surface area contributed by atoms with Gasteiger partial charge in [0, 0.05) is 6.61 Å². The summed E-state index contributed by atoms with van der Waals surface area (Å²) in [4.78, 5) is 0. The molecular formula is C7H13O2. The second-order valence-corrected chi connectivity index (χ2v) is 1.50. The Morgan fingerprint density at radius 3 is 2.56 bits per heavy atom. The Labute approximate surface area is 56.5 Å². The minimum absolute atomic E-state index is 0.587.